The Morgan fingerprint density at radius 3 is 1.12 bits per heavy atom. The molecule has 0 rings (SSSR count). The highest BCUT2D eigenvalue weighted by Crippen LogP contribution is 2.43. The summed E-state index contributed by atoms with van der Waals surface area (Å²) in [7, 11) is 1.58. The largest absolute Gasteiger partial charge is 0.472 e. The number of phosphoric ester groups is 1. The zero-order valence-electron chi connectivity index (χ0n) is 46.8. The van der Waals surface area contributed by atoms with Crippen LogP contribution in [0.5, 0.6) is 0 Å². The van der Waals surface area contributed by atoms with E-state index in [1.807, 2.05) is 27.2 Å². The Balaban J connectivity index is 4.10. The summed E-state index contributed by atoms with van der Waals surface area (Å²) in [6, 6.07) is -0.847. The lowest BCUT2D eigenvalue weighted by atomic mass is 10.0. The zero-order valence-corrected chi connectivity index (χ0v) is 47.7. The van der Waals surface area contributed by atoms with Gasteiger partial charge in [0.2, 0.25) is 5.91 Å². The first kappa shape index (κ1) is 68.0. The minimum Gasteiger partial charge on any atom is -0.387 e. The van der Waals surface area contributed by atoms with E-state index in [4.69, 9.17) is 9.05 Å². The number of aliphatic hydroxyl groups is 1. The Morgan fingerprint density at radius 1 is 0.478 bits per heavy atom. The van der Waals surface area contributed by atoms with Gasteiger partial charge in [-0.05, 0) is 44.9 Å². The number of hydrogen-bond donors (Lipinski definition) is 3. The van der Waals surface area contributed by atoms with E-state index in [0.717, 1.165) is 38.5 Å². The van der Waals surface area contributed by atoms with Crippen molar-refractivity contribution in [1.82, 2.24) is 5.32 Å². The molecule has 0 spiro atoms. The molecule has 9 heteroatoms. The van der Waals surface area contributed by atoms with Crippen molar-refractivity contribution in [2.45, 2.75) is 315 Å². The second-order valence-electron chi connectivity index (χ2n) is 22.1. The van der Waals surface area contributed by atoms with Crippen LogP contribution in [0.4, 0.5) is 0 Å². The number of unbranched alkanes of at least 4 members (excludes halogenated alkanes) is 41. The third-order valence-electron chi connectivity index (χ3n) is 13.9. The topological polar surface area (TPSA) is 105 Å². The number of quaternary nitrogens is 1. The van der Waals surface area contributed by atoms with Gasteiger partial charge in [0.1, 0.15) is 13.2 Å². The molecule has 0 radical (unpaired) electrons. The van der Waals surface area contributed by atoms with Crippen molar-refractivity contribution in [3.8, 4) is 0 Å². The van der Waals surface area contributed by atoms with Crippen molar-refractivity contribution < 1.29 is 32.9 Å². The van der Waals surface area contributed by atoms with Crippen LogP contribution in [0.3, 0.4) is 0 Å². The van der Waals surface area contributed by atoms with Crippen molar-refractivity contribution >= 4 is 13.7 Å². The van der Waals surface area contributed by atoms with Gasteiger partial charge in [-0.3, -0.25) is 13.8 Å². The average Bonchev–Trinajstić information content (AvgIpc) is 3.31. The number of phosphoric acid groups is 1. The van der Waals surface area contributed by atoms with E-state index in [1.54, 1.807) is 6.08 Å². The van der Waals surface area contributed by atoms with Crippen LogP contribution >= 0.6 is 7.82 Å². The fourth-order valence-electron chi connectivity index (χ4n) is 9.16. The van der Waals surface area contributed by atoms with Gasteiger partial charge in [0.25, 0.3) is 0 Å². The van der Waals surface area contributed by atoms with Gasteiger partial charge in [-0.25, -0.2) is 4.57 Å². The molecule has 69 heavy (non-hydrogen) atoms. The van der Waals surface area contributed by atoms with E-state index < -0.39 is 20.0 Å². The van der Waals surface area contributed by atoms with E-state index in [2.05, 4.69) is 31.3 Å². The molecule has 0 aliphatic rings. The standard InChI is InChI=1S/C60H119N2O6P/c1-6-8-10-12-14-16-18-20-22-24-25-26-27-28-29-30-31-32-33-34-35-36-38-39-41-43-45-47-49-51-53-59(63)58(57-68-69(65,66)67-56-55-62(3,4)5)61-60(64)54-52-50-48-46-44-42-40-37-23-21-19-17-15-13-11-9-7-2/h21,23,51,53,58-59,63H,6-20,22,24-50,52,54-57H2,1-5H3,(H-,61,64,65,66)/p+1/b23-21-,53-51+. The van der Waals surface area contributed by atoms with Crippen LogP contribution in [-0.4, -0.2) is 73.4 Å². The highest BCUT2D eigenvalue weighted by Gasteiger charge is 2.27. The molecule has 0 aliphatic heterocycles. The van der Waals surface area contributed by atoms with Gasteiger partial charge in [0, 0.05) is 6.42 Å². The first-order chi connectivity index (χ1) is 33.5. The predicted molar refractivity (Wildman–Crippen MR) is 300 cm³/mol. The molecule has 0 aromatic carbocycles. The van der Waals surface area contributed by atoms with Gasteiger partial charge in [-0.2, -0.15) is 0 Å². The molecule has 410 valence electrons. The number of carbonyl (C=O) groups excluding carboxylic acids is 1. The number of amides is 1. The average molecular weight is 997 g/mol. The highest BCUT2D eigenvalue weighted by atomic mass is 31.2. The maximum atomic E-state index is 13.0. The van der Waals surface area contributed by atoms with Crippen molar-refractivity contribution in [3.05, 3.63) is 24.3 Å². The Bertz CT molecular complexity index is 1170. The first-order valence-corrected chi connectivity index (χ1v) is 31.7. The van der Waals surface area contributed by atoms with Crippen LogP contribution in [0, 0.1) is 0 Å². The number of allylic oxidation sites excluding steroid dienone is 3. The Hall–Kier alpha value is -1.02. The van der Waals surface area contributed by atoms with Crippen LogP contribution in [-0.2, 0) is 18.4 Å². The third kappa shape index (κ3) is 54.6. The maximum absolute atomic E-state index is 13.0. The number of nitrogens with zero attached hydrogens (tertiary/aromatic N) is 1. The van der Waals surface area contributed by atoms with E-state index in [0.29, 0.717) is 17.4 Å². The lowest BCUT2D eigenvalue weighted by Crippen LogP contribution is -2.45. The number of carbonyl (C=O) groups is 1. The molecule has 0 saturated heterocycles. The molecular formula is C60H120N2O6P+. The van der Waals surface area contributed by atoms with Gasteiger partial charge in [0.05, 0.1) is 39.9 Å². The van der Waals surface area contributed by atoms with Crippen LogP contribution in [0.2, 0.25) is 0 Å². The molecule has 3 N–H and O–H groups in total. The first-order valence-electron chi connectivity index (χ1n) is 30.2. The normalized spacial score (nSPS) is 14.0. The van der Waals surface area contributed by atoms with Crippen LogP contribution < -0.4 is 5.32 Å². The Morgan fingerprint density at radius 2 is 0.783 bits per heavy atom. The summed E-state index contributed by atoms with van der Waals surface area (Å²) >= 11 is 0. The second kappa shape index (κ2) is 51.9. The zero-order chi connectivity index (χ0) is 50.6. The number of likely N-dealkylation sites (N-methyl/N-ethyl adjacent to an activating group) is 1. The molecule has 0 bridgehead atoms. The summed E-state index contributed by atoms with van der Waals surface area (Å²) in [5.74, 6) is -0.178. The van der Waals surface area contributed by atoms with E-state index in [1.165, 1.54) is 244 Å². The maximum Gasteiger partial charge on any atom is 0.472 e. The molecule has 0 saturated carbocycles. The SMILES string of the molecule is CCCCCCCC/C=C\CCCCCCCCCC(=O)NC(COP(=O)(O)OCC[N+](C)(C)C)C(O)/C=C/CCCCCCCCCCCCCCCCCCCCCCCCCCCCCC. The number of rotatable bonds is 56. The molecule has 1 amide bonds. The van der Waals surface area contributed by atoms with Crippen LogP contribution in [0.25, 0.3) is 0 Å². The van der Waals surface area contributed by atoms with Gasteiger partial charge in [-0.1, -0.05) is 276 Å². The quantitative estimate of drug-likeness (QED) is 0.0243. The summed E-state index contributed by atoms with van der Waals surface area (Å²) in [5.41, 5.74) is 0. The van der Waals surface area contributed by atoms with E-state index in [-0.39, 0.29) is 19.1 Å². The van der Waals surface area contributed by atoms with Crippen LogP contribution in [0.15, 0.2) is 24.3 Å². The number of nitrogens with one attached hydrogen (secondary N) is 1. The molecule has 0 aliphatic carbocycles. The molecule has 0 aromatic heterocycles. The fourth-order valence-corrected chi connectivity index (χ4v) is 9.89. The predicted octanol–water partition coefficient (Wildman–Crippen LogP) is 18.4. The summed E-state index contributed by atoms with van der Waals surface area (Å²) < 4.78 is 23.7. The lowest BCUT2D eigenvalue weighted by molar-refractivity contribution is -0.870. The number of aliphatic hydroxyl groups excluding tert-OH is 1. The van der Waals surface area contributed by atoms with Crippen molar-refractivity contribution in [1.29, 1.82) is 0 Å². The molecule has 0 aromatic rings. The van der Waals surface area contributed by atoms with Gasteiger partial charge in [0.15, 0.2) is 0 Å². The van der Waals surface area contributed by atoms with Gasteiger partial charge < -0.3 is 19.8 Å². The highest BCUT2D eigenvalue weighted by molar-refractivity contribution is 7.47. The Labute approximate surface area is 430 Å². The Kier molecular flexibility index (Phi) is 51.1. The van der Waals surface area contributed by atoms with Crippen LogP contribution in [0.1, 0.15) is 303 Å². The molecule has 0 heterocycles. The van der Waals surface area contributed by atoms with Crippen molar-refractivity contribution in [2.24, 2.45) is 0 Å². The summed E-state index contributed by atoms with van der Waals surface area (Å²) in [5, 5.41) is 13.9. The molecule has 3 unspecified atom stereocenters. The monoisotopic (exact) mass is 996 g/mol. The summed E-state index contributed by atoms with van der Waals surface area (Å²) in [4.78, 5) is 23.3. The van der Waals surface area contributed by atoms with Gasteiger partial charge >= 0.3 is 7.82 Å². The number of hydrogen-bond acceptors (Lipinski definition) is 5. The molecule has 8 nitrogen and oxygen atoms in total. The van der Waals surface area contributed by atoms with E-state index >= 15 is 0 Å². The molecule has 3 atom stereocenters. The van der Waals surface area contributed by atoms with Crippen molar-refractivity contribution in [3.63, 3.8) is 0 Å². The second-order valence-corrected chi connectivity index (χ2v) is 23.5. The third-order valence-corrected chi connectivity index (χ3v) is 14.9. The fraction of sp³-hybridized carbons (Fsp3) is 0.917. The lowest BCUT2D eigenvalue weighted by Gasteiger charge is -2.25. The van der Waals surface area contributed by atoms with Gasteiger partial charge in [-0.15, -0.1) is 0 Å². The van der Waals surface area contributed by atoms with E-state index in [9.17, 15) is 19.4 Å². The molecular weight excluding hydrogens is 876 g/mol. The smallest absolute Gasteiger partial charge is 0.387 e. The van der Waals surface area contributed by atoms with Crippen molar-refractivity contribution in [2.75, 3.05) is 40.9 Å². The summed E-state index contributed by atoms with van der Waals surface area (Å²) in [6.45, 7) is 4.85. The minimum absolute atomic E-state index is 0.0623. The minimum atomic E-state index is -4.35. The molecule has 0 fully saturated rings. The summed E-state index contributed by atoms with van der Waals surface area (Å²) in [6.07, 6.45) is 65.8.